The lowest BCUT2D eigenvalue weighted by atomic mass is 10.2. The second-order valence-corrected chi connectivity index (χ2v) is 5.86. The Morgan fingerprint density at radius 1 is 1.50 bits per heavy atom. The van der Waals surface area contributed by atoms with Crippen LogP contribution in [-0.4, -0.2) is 22.0 Å². The molecule has 2 aromatic heterocycles. The van der Waals surface area contributed by atoms with Gasteiger partial charge in [0, 0.05) is 29.4 Å². The maximum Gasteiger partial charge on any atom is 0.320 e. The van der Waals surface area contributed by atoms with Crippen LogP contribution in [0.25, 0.3) is 10.6 Å². The van der Waals surface area contributed by atoms with Crippen LogP contribution in [-0.2, 0) is 0 Å². The van der Waals surface area contributed by atoms with Crippen molar-refractivity contribution in [2.45, 2.75) is 25.8 Å². The first-order valence-electron chi connectivity index (χ1n) is 6.66. The number of nitrogens with zero attached hydrogens (tertiary/aromatic N) is 2. The number of urea groups is 1. The Kier molecular flexibility index (Phi) is 3.64. The standard InChI is InChI=1S/C14H16N4OS/c1-9(10-4-5-10)16-14(19)18-12-8-20-13(17-12)11-3-2-6-15-7-11/h2-3,6-10H,4-5H2,1H3,(H2,16,18,19)/t9-/m0/s1. The number of amides is 2. The van der Waals surface area contributed by atoms with Crippen molar-refractivity contribution in [1.29, 1.82) is 0 Å². The number of hydrogen-bond acceptors (Lipinski definition) is 4. The van der Waals surface area contributed by atoms with Crippen molar-refractivity contribution in [2.24, 2.45) is 5.92 Å². The van der Waals surface area contributed by atoms with Crippen LogP contribution in [0.4, 0.5) is 10.6 Å². The predicted molar refractivity (Wildman–Crippen MR) is 79.7 cm³/mol. The van der Waals surface area contributed by atoms with Crippen molar-refractivity contribution in [2.75, 3.05) is 5.32 Å². The van der Waals surface area contributed by atoms with Crippen molar-refractivity contribution < 1.29 is 4.79 Å². The van der Waals surface area contributed by atoms with Gasteiger partial charge >= 0.3 is 6.03 Å². The number of anilines is 1. The van der Waals surface area contributed by atoms with E-state index in [1.165, 1.54) is 24.2 Å². The number of carbonyl (C=O) groups is 1. The van der Waals surface area contributed by atoms with Gasteiger partial charge < -0.3 is 5.32 Å². The molecule has 1 fully saturated rings. The molecule has 0 saturated heterocycles. The number of pyridine rings is 1. The van der Waals surface area contributed by atoms with Crippen molar-refractivity contribution in [3.05, 3.63) is 29.9 Å². The fourth-order valence-corrected chi connectivity index (χ4v) is 2.77. The molecule has 2 aromatic rings. The molecule has 0 aliphatic heterocycles. The lowest BCUT2D eigenvalue weighted by molar-refractivity contribution is 0.248. The van der Waals surface area contributed by atoms with Crippen molar-refractivity contribution in [1.82, 2.24) is 15.3 Å². The number of hydrogen-bond donors (Lipinski definition) is 2. The molecule has 0 radical (unpaired) electrons. The molecule has 1 aliphatic rings. The number of carbonyl (C=O) groups excluding carboxylic acids is 1. The van der Waals surface area contributed by atoms with E-state index in [9.17, 15) is 4.79 Å². The Balaban J connectivity index is 1.61. The average molecular weight is 288 g/mol. The van der Waals surface area contributed by atoms with E-state index in [0.717, 1.165) is 10.6 Å². The SMILES string of the molecule is C[C@H](NC(=O)Nc1csc(-c2cccnc2)n1)C1CC1. The second-order valence-electron chi connectivity index (χ2n) is 5.00. The summed E-state index contributed by atoms with van der Waals surface area (Å²) in [6.45, 7) is 2.04. The molecule has 5 nitrogen and oxygen atoms in total. The van der Waals surface area contributed by atoms with Crippen molar-refractivity contribution in [3.63, 3.8) is 0 Å². The Labute approximate surface area is 121 Å². The van der Waals surface area contributed by atoms with Crippen LogP contribution in [0.2, 0.25) is 0 Å². The van der Waals surface area contributed by atoms with E-state index in [1.807, 2.05) is 24.4 Å². The van der Waals surface area contributed by atoms with Gasteiger partial charge in [-0.3, -0.25) is 10.3 Å². The lowest BCUT2D eigenvalue weighted by Gasteiger charge is -2.12. The molecule has 0 spiro atoms. The summed E-state index contributed by atoms with van der Waals surface area (Å²) >= 11 is 1.49. The van der Waals surface area contributed by atoms with Crippen LogP contribution in [0.3, 0.4) is 0 Å². The van der Waals surface area contributed by atoms with E-state index in [2.05, 4.69) is 20.6 Å². The molecule has 1 aliphatic carbocycles. The third-order valence-electron chi connectivity index (χ3n) is 3.34. The third kappa shape index (κ3) is 3.14. The highest BCUT2D eigenvalue weighted by Crippen LogP contribution is 2.32. The minimum absolute atomic E-state index is 0.188. The molecular formula is C14H16N4OS. The summed E-state index contributed by atoms with van der Waals surface area (Å²) in [5, 5.41) is 8.40. The van der Waals surface area contributed by atoms with Gasteiger partial charge in [0.25, 0.3) is 0 Å². The summed E-state index contributed by atoms with van der Waals surface area (Å²) in [5.74, 6) is 1.22. The van der Waals surface area contributed by atoms with Gasteiger partial charge in [-0.1, -0.05) is 0 Å². The van der Waals surface area contributed by atoms with Gasteiger partial charge in [0.15, 0.2) is 0 Å². The largest absolute Gasteiger partial charge is 0.335 e. The van der Waals surface area contributed by atoms with E-state index in [-0.39, 0.29) is 12.1 Å². The number of thiazole rings is 1. The van der Waals surface area contributed by atoms with E-state index < -0.39 is 0 Å². The first-order chi connectivity index (χ1) is 9.72. The van der Waals surface area contributed by atoms with E-state index >= 15 is 0 Å². The van der Waals surface area contributed by atoms with E-state index in [0.29, 0.717) is 11.7 Å². The quantitative estimate of drug-likeness (QED) is 0.908. The second kappa shape index (κ2) is 5.58. The van der Waals surface area contributed by atoms with Crippen LogP contribution in [0.15, 0.2) is 29.9 Å². The molecular weight excluding hydrogens is 272 g/mol. The summed E-state index contributed by atoms with van der Waals surface area (Å²) in [6.07, 6.45) is 5.91. The Morgan fingerprint density at radius 2 is 2.35 bits per heavy atom. The molecule has 20 heavy (non-hydrogen) atoms. The number of nitrogens with one attached hydrogen (secondary N) is 2. The molecule has 3 rings (SSSR count). The zero-order chi connectivity index (χ0) is 13.9. The minimum Gasteiger partial charge on any atom is -0.335 e. The summed E-state index contributed by atoms with van der Waals surface area (Å²) in [7, 11) is 0. The Hall–Kier alpha value is -1.95. The molecule has 0 bridgehead atoms. The lowest BCUT2D eigenvalue weighted by Crippen LogP contribution is -2.37. The molecule has 2 heterocycles. The zero-order valence-electron chi connectivity index (χ0n) is 11.2. The van der Waals surface area contributed by atoms with Gasteiger partial charge in [-0.2, -0.15) is 0 Å². The molecule has 104 valence electrons. The van der Waals surface area contributed by atoms with E-state index in [4.69, 9.17) is 0 Å². The molecule has 0 unspecified atom stereocenters. The Bertz CT molecular complexity index is 594. The zero-order valence-corrected chi connectivity index (χ0v) is 12.0. The summed E-state index contributed by atoms with van der Waals surface area (Å²) in [5.41, 5.74) is 0.956. The average Bonchev–Trinajstić information content (AvgIpc) is 3.21. The summed E-state index contributed by atoms with van der Waals surface area (Å²) in [6, 6.07) is 3.86. The van der Waals surface area contributed by atoms with Gasteiger partial charge in [0.2, 0.25) is 0 Å². The van der Waals surface area contributed by atoms with E-state index in [1.54, 1.807) is 12.4 Å². The van der Waals surface area contributed by atoms with Crippen LogP contribution in [0, 0.1) is 5.92 Å². The number of aromatic nitrogens is 2. The Morgan fingerprint density at radius 3 is 3.05 bits per heavy atom. The molecule has 6 heteroatoms. The van der Waals surface area contributed by atoms with Gasteiger partial charge in [-0.25, -0.2) is 9.78 Å². The molecule has 1 saturated carbocycles. The van der Waals surface area contributed by atoms with Gasteiger partial charge in [0.1, 0.15) is 10.8 Å². The fraction of sp³-hybridized carbons (Fsp3) is 0.357. The van der Waals surface area contributed by atoms with Crippen LogP contribution in [0.1, 0.15) is 19.8 Å². The van der Waals surface area contributed by atoms with Crippen molar-refractivity contribution >= 4 is 23.2 Å². The normalized spacial score (nSPS) is 15.7. The highest BCUT2D eigenvalue weighted by Gasteiger charge is 2.28. The van der Waals surface area contributed by atoms with Crippen LogP contribution >= 0.6 is 11.3 Å². The van der Waals surface area contributed by atoms with Gasteiger partial charge in [0.05, 0.1) is 0 Å². The smallest absolute Gasteiger partial charge is 0.320 e. The highest BCUT2D eigenvalue weighted by atomic mass is 32.1. The topological polar surface area (TPSA) is 66.9 Å². The number of rotatable bonds is 4. The first kappa shape index (κ1) is 13.1. The first-order valence-corrected chi connectivity index (χ1v) is 7.54. The summed E-state index contributed by atoms with van der Waals surface area (Å²) in [4.78, 5) is 20.3. The van der Waals surface area contributed by atoms with Crippen LogP contribution in [0.5, 0.6) is 0 Å². The minimum atomic E-state index is -0.188. The molecule has 1 atom stereocenters. The van der Waals surface area contributed by atoms with Gasteiger partial charge in [-0.05, 0) is 37.8 Å². The predicted octanol–water partition coefficient (Wildman–Crippen LogP) is 3.13. The molecule has 0 aromatic carbocycles. The fourth-order valence-electron chi connectivity index (χ4n) is 2.03. The van der Waals surface area contributed by atoms with Crippen molar-refractivity contribution in [3.8, 4) is 10.6 Å². The summed E-state index contributed by atoms with van der Waals surface area (Å²) < 4.78 is 0. The molecule has 2 amide bonds. The highest BCUT2D eigenvalue weighted by molar-refractivity contribution is 7.13. The third-order valence-corrected chi connectivity index (χ3v) is 4.23. The molecule has 2 N–H and O–H groups in total. The van der Waals surface area contributed by atoms with Crippen LogP contribution < -0.4 is 10.6 Å². The van der Waals surface area contributed by atoms with Gasteiger partial charge in [-0.15, -0.1) is 11.3 Å². The monoisotopic (exact) mass is 288 g/mol. The maximum atomic E-state index is 11.8. The maximum absolute atomic E-state index is 11.8.